The Morgan fingerprint density at radius 3 is 1.66 bits per heavy atom. The molecule has 0 fully saturated rings. The summed E-state index contributed by atoms with van der Waals surface area (Å²) in [6.07, 6.45) is 32.5. The summed E-state index contributed by atoms with van der Waals surface area (Å²) < 4.78 is 0. The van der Waals surface area contributed by atoms with Crippen LogP contribution in [0.3, 0.4) is 0 Å². The number of hydrogen-bond acceptors (Lipinski definition) is 3. The van der Waals surface area contributed by atoms with Gasteiger partial charge in [-0.05, 0) is 32.1 Å². The molecular weight excluding hydrogens is 434 g/mol. The molecule has 206 valence electrons. The molecule has 0 aliphatic rings. The molecule has 0 aromatic carbocycles. The minimum atomic E-state index is -0.853. The van der Waals surface area contributed by atoms with Gasteiger partial charge < -0.3 is 15.5 Å². The number of hydrogen-bond donors (Lipinski definition) is 3. The second-order valence-electron chi connectivity index (χ2n) is 10.2. The number of unbranched alkanes of at least 4 members (excludes halogenated alkanes) is 17. The third kappa shape index (κ3) is 24.3. The van der Waals surface area contributed by atoms with Gasteiger partial charge in [0.1, 0.15) is 0 Å². The first-order chi connectivity index (χ1) is 17.2. The van der Waals surface area contributed by atoms with Crippen LogP contribution in [0.25, 0.3) is 0 Å². The molecule has 0 aromatic rings. The lowest BCUT2D eigenvalue weighted by atomic mass is 10.1. The smallest absolute Gasteiger partial charge is 0.220 e. The lowest BCUT2D eigenvalue weighted by Crippen LogP contribution is -2.45. The van der Waals surface area contributed by atoms with Crippen LogP contribution in [-0.2, 0) is 4.79 Å². The molecule has 0 spiro atoms. The molecule has 0 saturated carbocycles. The molecule has 0 rings (SSSR count). The molecule has 0 bridgehead atoms. The fraction of sp³-hybridized carbons (Fsp3) is 0.839. The van der Waals surface area contributed by atoms with E-state index < -0.39 is 12.1 Å². The molecular formula is C31H59NO3. The molecule has 0 aliphatic heterocycles. The molecule has 2 atom stereocenters. The molecule has 0 unspecified atom stereocenters. The highest BCUT2D eigenvalue weighted by molar-refractivity contribution is 5.76. The van der Waals surface area contributed by atoms with E-state index in [0.717, 1.165) is 32.1 Å². The molecule has 0 radical (unpaired) electrons. The Bertz CT molecular complexity index is 503. The van der Waals surface area contributed by atoms with Crippen LogP contribution in [0.4, 0.5) is 0 Å². The van der Waals surface area contributed by atoms with Gasteiger partial charge in [0.25, 0.3) is 0 Å². The number of rotatable bonds is 26. The van der Waals surface area contributed by atoms with E-state index >= 15 is 0 Å². The van der Waals surface area contributed by atoms with Crippen LogP contribution in [-0.4, -0.2) is 34.9 Å². The second kappa shape index (κ2) is 27.5. The Hall–Kier alpha value is -1.13. The van der Waals surface area contributed by atoms with Crippen molar-refractivity contribution in [2.24, 2.45) is 0 Å². The largest absolute Gasteiger partial charge is 0.394 e. The van der Waals surface area contributed by atoms with Crippen LogP contribution in [0.2, 0.25) is 0 Å². The maximum absolute atomic E-state index is 12.2. The average molecular weight is 494 g/mol. The molecule has 0 aromatic heterocycles. The van der Waals surface area contributed by atoms with Gasteiger partial charge in [-0.25, -0.2) is 0 Å². The van der Waals surface area contributed by atoms with Gasteiger partial charge in [-0.2, -0.15) is 0 Å². The van der Waals surface area contributed by atoms with Crippen molar-refractivity contribution in [3.8, 4) is 0 Å². The highest BCUT2D eigenvalue weighted by atomic mass is 16.3. The highest BCUT2D eigenvalue weighted by Gasteiger charge is 2.17. The van der Waals surface area contributed by atoms with Gasteiger partial charge in [0.15, 0.2) is 0 Å². The summed E-state index contributed by atoms with van der Waals surface area (Å²) in [5.41, 5.74) is 0. The topological polar surface area (TPSA) is 69.6 Å². The van der Waals surface area contributed by atoms with E-state index in [1.807, 2.05) is 6.08 Å². The summed E-state index contributed by atoms with van der Waals surface area (Å²) in [6.45, 7) is 4.24. The van der Waals surface area contributed by atoms with Crippen molar-refractivity contribution in [3.05, 3.63) is 24.3 Å². The molecule has 4 nitrogen and oxygen atoms in total. The van der Waals surface area contributed by atoms with Crippen LogP contribution in [0.1, 0.15) is 149 Å². The summed E-state index contributed by atoms with van der Waals surface area (Å²) >= 11 is 0. The minimum Gasteiger partial charge on any atom is -0.394 e. The van der Waals surface area contributed by atoms with Gasteiger partial charge in [0.05, 0.1) is 18.8 Å². The molecule has 0 saturated heterocycles. The number of nitrogens with one attached hydrogen (secondary N) is 1. The SMILES string of the molecule is CCCCCCCCC/C=C/CC/C=C/[C@@H](O)[C@H](CO)NC(=O)CCCCCCCCCCCC. The van der Waals surface area contributed by atoms with Crippen molar-refractivity contribution >= 4 is 5.91 Å². The third-order valence-electron chi connectivity index (χ3n) is 6.69. The van der Waals surface area contributed by atoms with Gasteiger partial charge in [0, 0.05) is 6.42 Å². The van der Waals surface area contributed by atoms with E-state index in [0.29, 0.717) is 6.42 Å². The van der Waals surface area contributed by atoms with Crippen molar-refractivity contribution in [1.29, 1.82) is 0 Å². The summed E-state index contributed by atoms with van der Waals surface area (Å²) in [5, 5.41) is 22.7. The molecule has 0 aliphatic carbocycles. The number of aliphatic hydroxyl groups excluding tert-OH is 2. The molecule has 35 heavy (non-hydrogen) atoms. The lowest BCUT2D eigenvalue weighted by molar-refractivity contribution is -0.123. The fourth-order valence-electron chi connectivity index (χ4n) is 4.31. The van der Waals surface area contributed by atoms with E-state index in [4.69, 9.17) is 0 Å². The van der Waals surface area contributed by atoms with E-state index in [-0.39, 0.29) is 12.5 Å². The summed E-state index contributed by atoms with van der Waals surface area (Å²) in [5.74, 6) is -0.0793. The zero-order valence-electron chi connectivity index (χ0n) is 23.3. The molecule has 3 N–H and O–H groups in total. The van der Waals surface area contributed by atoms with Crippen molar-refractivity contribution in [3.63, 3.8) is 0 Å². The zero-order chi connectivity index (χ0) is 25.8. The van der Waals surface area contributed by atoms with Crippen LogP contribution < -0.4 is 5.32 Å². The van der Waals surface area contributed by atoms with Gasteiger partial charge in [-0.1, -0.05) is 134 Å². The number of carbonyl (C=O) groups is 1. The predicted octanol–water partition coefficient (Wildman–Crippen LogP) is 8.17. The Balaban J connectivity index is 3.75. The van der Waals surface area contributed by atoms with Gasteiger partial charge in [0.2, 0.25) is 5.91 Å². The predicted molar refractivity (Wildman–Crippen MR) is 152 cm³/mol. The number of amides is 1. The first-order valence-electron chi connectivity index (χ1n) is 15.1. The molecule has 1 amide bonds. The van der Waals surface area contributed by atoms with Gasteiger partial charge in [-0.3, -0.25) is 4.79 Å². The lowest BCUT2D eigenvalue weighted by Gasteiger charge is -2.19. The van der Waals surface area contributed by atoms with E-state index in [1.165, 1.54) is 96.3 Å². The summed E-state index contributed by atoms with van der Waals surface area (Å²) in [4.78, 5) is 12.2. The number of carbonyl (C=O) groups excluding carboxylic acids is 1. The highest BCUT2D eigenvalue weighted by Crippen LogP contribution is 2.12. The zero-order valence-corrected chi connectivity index (χ0v) is 23.3. The number of aliphatic hydroxyl groups is 2. The molecule has 0 heterocycles. The Labute approximate surface area is 218 Å². The Morgan fingerprint density at radius 1 is 0.657 bits per heavy atom. The summed E-state index contributed by atoms with van der Waals surface area (Å²) in [6, 6.07) is -0.630. The van der Waals surface area contributed by atoms with Crippen molar-refractivity contribution in [2.45, 2.75) is 161 Å². The average Bonchev–Trinajstić information content (AvgIpc) is 2.86. The monoisotopic (exact) mass is 493 g/mol. The number of allylic oxidation sites excluding steroid dienone is 3. The standard InChI is InChI=1S/C31H59NO3/c1-3-5-7-9-11-13-15-16-17-18-20-22-24-26-30(34)29(28-33)32-31(35)27-25-23-21-19-14-12-10-8-6-4-2/h17-18,24,26,29-30,33-34H,3-16,19-23,25,27-28H2,1-2H3,(H,32,35)/b18-17+,26-24+/t29-,30+/m0/s1. The van der Waals surface area contributed by atoms with Crippen LogP contribution in [0, 0.1) is 0 Å². The van der Waals surface area contributed by atoms with Crippen molar-refractivity contribution in [2.75, 3.05) is 6.61 Å². The van der Waals surface area contributed by atoms with E-state index in [9.17, 15) is 15.0 Å². The Morgan fingerprint density at radius 2 is 1.11 bits per heavy atom. The quantitative estimate of drug-likeness (QED) is 0.0840. The maximum atomic E-state index is 12.2. The van der Waals surface area contributed by atoms with Gasteiger partial charge in [-0.15, -0.1) is 0 Å². The van der Waals surface area contributed by atoms with E-state index in [1.54, 1.807) is 6.08 Å². The van der Waals surface area contributed by atoms with Gasteiger partial charge >= 0.3 is 0 Å². The molecule has 4 heteroatoms. The first-order valence-corrected chi connectivity index (χ1v) is 15.1. The Kier molecular flexibility index (Phi) is 26.6. The minimum absolute atomic E-state index is 0.0793. The van der Waals surface area contributed by atoms with Crippen LogP contribution in [0.5, 0.6) is 0 Å². The van der Waals surface area contributed by atoms with Crippen LogP contribution in [0.15, 0.2) is 24.3 Å². The van der Waals surface area contributed by atoms with E-state index in [2.05, 4.69) is 31.3 Å². The van der Waals surface area contributed by atoms with Crippen molar-refractivity contribution < 1.29 is 15.0 Å². The summed E-state index contributed by atoms with van der Waals surface area (Å²) in [7, 11) is 0. The van der Waals surface area contributed by atoms with Crippen molar-refractivity contribution in [1.82, 2.24) is 5.32 Å². The second-order valence-corrected chi connectivity index (χ2v) is 10.2. The first kappa shape index (κ1) is 33.9. The maximum Gasteiger partial charge on any atom is 0.220 e. The van der Waals surface area contributed by atoms with Crippen LogP contribution >= 0.6 is 0 Å². The fourth-order valence-corrected chi connectivity index (χ4v) is 4.31. The normalized spacial score (nSPS) is 13.6. The third-order valence-corrected chi connectivity index (χ3v) is 6.69.